The number of nitrogens with zero attached hydrogens (tertiary/aromatic N) is 1. The first-order chi connectivity index (χ1) is 25.5. The van der Waals surface area contributed by atoms with Crippen LogP contribution in [-0.4, -0.2) is 60.4 Å². The summed E-state index contributed by atoms with van der Waals surface area (Å²) in [6, 6.07) is 0. The summed E-state index contributed by atoms with van der Waals surface area (Å²) in [6.45, 7) is 11.9. The Bertz CT molecular complexity index is 730. The second-order valence-electron chi connectivity index (χ2n) is 16.0. The van der Waals surface area contributed by atoms with Crippen molar-refractivity contribution in [3.8, 4) is 0 Å². The standard InChI is InChI=1S/C46H91NO5/c1-5-8-11-14-20-27-34-43(4)51-45(49)37-30-24-19-26-33-40-47(41-42-48)39-32-25-18-17-23-31-38-46(50)52-44(35-28-21-15-12-9-6-2)36-29-22-16-13-10-7-3/h43-44,48H,5-42H2,1-4H3. The van der Waals surface area contributed by atoms with E-state index >= 15 is 0 Å². The first kappa shape index (κ1) is 50.9. The van der Waals surface area contributed by atoms with Crippen LogP contribution in [0, 0.1) is 0 Å². The fraction of sp³-hybridized carbons (Fsp3) is 0.957. The average molecular weight is 738 g/mol. The van der Waals surface area contributed by atoms with Gasteiger partial charge < -0.3 is 19.5 Å². The van der Waals surface area contributed by atoms with E-state index in [0.717, 1.165) is 83.8 Å². The number of hydrogen-bond acceptors (Lipinski definition) is 6. The zero-order valence-corrected chi connectivity index (χ0v) is 35.6. The lowest BCUT2D eigenvalue weighted by atomic mass is 10.0. The van der Waals surface area contributed by atoms with E-state index in [0.29, 0.717) is 12.8 Å². The van der Waals surface area contributed by atoms with Crippen LogP contribution in [0.2, 0.25) is 0 Å². The third-order valence-electron chi connectivity index (χ3n) is 10.7. The smallest absolute Gasteiger partial charge is 0.306 e. The van der Waals surface area contributed by atoms with Crippen molar-refractivity contribution in [2.45, 2.75) is 258 Å². The molecule has 0 rings (SSSR count). The van der Waals surface area contributed by atoms with Crippen LogP contribution in [0.25, 0.3) is 0 Å². The van der Waals surface area contributed by atoms with Gasteiger partial charge in [0.2, 0.25) is 0 Å². The summed E-state index contributed by atoms with van der Waals surface area (Å²) < 4.78 is 11.6. The number of aliphatic hydroxyl groups excluding tert-OH is 1. The van der Waals surface area contributed by atoms with Crippen LogP contribution in [-0.2, 0) is 19.1 Å². The van der Waals surface area contributed by atoms with E-state index in [-0.39, 0.29) is 30.8 Å². The zero-order valence-electron chi connectivity index (χ0n) is 35.6. The van der Waals surface area contributed by atoms with Gasteiger partial charge in [-0.2, -0.15) is 0 Å². The molecule has 0 aromatic heterocycles. The van der Waals surface area contributed by atoms with Crippen LogP contribution in [0.3, 0.4) is 0 Å². The van der Waals surface area contributed by atoms with E-state index in [1.807, 2.05) is 6.92 Å². The minimum atomic E-state index is -0.0311. The van der Waals surface area contributed by atoms with Crippen LogP contribution in [0.1, 0.15) is 246 Å². The van der Waals surface area contributed by atoms with Crippen LogP contribution in [0.5, 0.6) is 0 Å². The van der Waals surface area contributed by atoms with Crippen molar-refractivity contribution in [1.82, 2.24) is 4.90 Å². The molecule has 0 aliphatic heterocycles. The van der Waals surface area contributed by atoms with Crippen molar-refractivity contribution in [3.05, 3.63) is 0 Å². The van der Waals surface area contributed by atoms with Gasteiger partial charge in [-0.1, -0.05) is 162 Å². The molecule has 0 aliphatic carbocycles. The van der Waals surface area contributed by atoms with Crippen molar-refractivity contribution < 1.29 is 24.2 Å². The highest BCUT2D eigenvalue weighted by Crippen LogP contribution is 2.19. The summed E-state index contributed by atoms with van der Waals surface area (Å²) in [6.07, 6.45) is 39.7. The first-order valence-electron chi connectivity index (χ1n) is 23.2. The molecule has 310 valence electrons. The molecule has 1 atom stereocenters. The topological polar surface area (TPSA) is 76.1 Å². The minimum absolute atomic E-state index is 0.0211. The number of carbonyl (C=O) groups excluding carboxylic acids is 2. The molecule has 0 saturated heterocycles. The highest BCUT2D eigenvalue weighted by Gasteiger charge is 2.14. The molecule has 0 heterocycles. The van der Waals surface area contributed by atoms with Crippen molar-refractivity contribution in [3.63, 3.8) is 0 Å². The molecule has 0 bridgehead atoms. The van der Waals surface area contributed by atoms with E-state index in [4.69, 9.17) is 9.47 Å². The van der Waals surface area contributed by atoms with Crippen LogP contribution in [0.4, 0.5) is 0 Å². The highest BCUT2D eigenvalue weighted by atomic mass is 16.5. The summed E-state index contributed by atoms with van der Waals surface area (Å²) in [5.41, 5.74) is 0. The third kappa shape index (κ3) is 37.2. The quantitative estimate of drug-likeness (QED) is 0.0496. The number of unbranched alkanes of at least 4 members (excludes halogenated alkanes) is 24. The number of rotatable bonds is 42. The predicted molar refractivity (Wildman–Crippen MR) is 223 cm³/mol. The van der Waals surface area contributed by atoms with E-state index in [1.165, 1.54) is 141 Å². The maximum Gasteiger partial charge on any atom is 0.306 e. The molecule has 1 unspecified atom stereocenters. The Morgan fingerprint density at radius 2 is 0.788 bits per heavy atom. The minimum Gasteiger partial charge on any atom is -0.463 e. The summed E-state index contributed by atoms with van der Waals surface area (Å²) >= 11 is 0. The largest absolute Gasteiger partial charge is 0.463 e. The molecule has 1 N–H and O–H groups in total. The first-order valence-corrected chi connectivity index (χ1v) is 23.2. The monoisotopic (exact) mass is 738 g/mol. The summed E-state index contributed by atoms with van der Waals surface area (Å²) in [7, 11) is 0. The highest BCUT2D eigenvalue weighted by molar-refractivity contribution is 5.69. The Hall–Kier alpha value is -1.14. The van der Waals surface area contributed by atoms with Crippen molar-refractivity contribution in [2.75, 3.05) is 26.2 Å². The van der Waals surface area contributed by atoms with Crippen LogP contribution < -0.4 is 0 Å². The van der Waals surface area contributed by atoms with Gasteiger partial charge in [-0.25, -0.2) is 0 Å². The number of esters is 2. The van der Waals surface area contributed by atoms with E-state index in [1.54, 1.807) is 0 Å². The van der Waals surface area contributed by atoms with Gasteiger partial charge in [0.25, 0.3) is 0 Å². The van der Waals surface area contributed by atoms with Crippen molar-refractivity contribution in [2.24, 2.45) is 0 Å². The van der Waals surface area contributed by atoms with E-state index in [2.05, 4.69) is 25.7 Å². The van der Waals surface area contributed by atoms with Gasteiger partial charge in [-0.15, -0.1) is 0 Å². The summed E-state index contributed by atoms with van der Waals surface area (Å²) in [4.78, 5) is 27.3. The zero-order chi connectivity index (χ0) is 38.2. The van der Waals surface area contributed by atoms with E-state index in [9.17, 15) is 14.7 Å². The molecule has 0 fully saturated rings. The van der Waals surface area contributed by atoms with Gasteiger partial charge >= 0.3 is 11.9 Å². The van der Waals surface area contributed by atoms with Crippen LogP contribution >= 0.6 is 0 Å². The number of carbonyl (C=O) groups is 2. The lowest BCUT2D eigenvalue weighted by molar-refractivity contribution is -0.150. The van der Waals surface area contributed by atoms with Crippen molar-refractivity contribution >= 4 is 11.9 Å². The Morgan fingerprint density at radius 1 is 0.442 bits per heavy atom. The average Bonchev–Trinajstić information content (AvgIpc) is 3.13. The fourth-order valence-electron chi connectivity index (χ4n) is 7.29. The maximum absolute atomic E-state index is 12.7. The molecule has 0 aromatic rings. The summed E-state index contributed by atoms with van der Waals surface area (Å²) in [5, 5.41) is 9.56. The number of hydrogen-bond donors (Lipinski definition) is 1. The molecule has 0 aliphatic rings. The predicted octanol–water partition coefficient (Wildman–Crippen LogP) is 13.4. The lowest BCUT2D eigenvalue weighted by Crippen LogP contribution is -2.29. The van der Waals surface area contributed by atoms with Gasteiger partial charge in [0.05, 0.1) is 12.7 Å². The molecule has 0 spiro atoms. The molecule has 0 radical (unpaired) electrons. The molecular weight excluding hydrogens is 647 g/mol. The second kappa shape index (κ2) is 41.0. The molecule has 6 heteroatoms. The summed E-state index contributed by atoms with van der Waals surface area (Å²) in [5.74, 6) is -0.00995. The molecule has 0 amide bonds. The van der Waals surface area contributed by atoms with E-state index < -0.39 is 0 Å². The van der Waals surface area contributed by atoms with Crippen molar-refractivity contribution in [1.29, 1.82) is 0 Å². The molecular formula is C46H91NO5. The molecule has 0 aromatic carbocycles. The van der Waals surface area contributed by atoms with Gasteiger partial charge in [-0.3, -0.25) is 9.59 Å². The van der Waals surface area contributed by atoms with Gasteiger partial charge in [0.1, 0.15) is 6.10 Å². The maximum atomic E-state index is 12.7. The second-order valence-corrected chi connectivity index (χ2v) is 16.0. The Morgan fingerprint density at radius 3 is 1.21 bits per heavy atom. The van der Waals surface area contributed by atoms with Gasteiger partial charge in [0, 0.05) is 19.4 Å². The normalized spacial score (nSPS) is 12.2. The van der Waals surface area contributed by atoms with Gasteiger partial charge in [0.15, 0.2) is 0 Å². The van der Waals surface area contributed by atoms with Crippen LogP contribution in [0.15, 0.2) is 0 Å². The Balaban J connectivity index is 3.96. The lowest BCUT2D eigenvalue weighted by Gasteiger charge is -2.21. The third-order valence-corrected chi connectivity index (χ3v) is 10.7. The number of aliphatic hydroxyl groups is 1. The fourth-order valence-corrected chi connectivity index (χ4v) is 7.29. The number of ether oxygens (including phenoxy) is 2. The van der Waals surface area contributed by atoms with Gasteiger partial charge in [-0.05, 0) is 84.2 Å². The Labute approximate surface area is 324 Å². The Kier molecular flexibility index (Phi) is 40.1. The SMILES string of the molecule is CCCCCCCCC(C)OC(=O)CCCCCCCN(CCO)CCCCCCCCC(=O)OC(CCCCCCCC)CCCCCCCC. The molecule has 0 saturated carbocycles. The molecule has 52 heavy (non-hydrogen) atoms. The molecule has 6 nitrogen and oxygen atoms in total.